The predicted octanol–water partition coefficient (Wildman–Crippen LogP) is 6.56. The minimum atomic E-state index is -0.382. The van der Waals surface area contributed by atoms with E-state index in [1.54, 1.807) is 0 Å². The number of aryl methyl sites for hydroxylation is 4. The maximum atomic E-state index is 15.9. The molecule has 0 atom stereocenters. The zero-order chi connectivity index (χ0) is 29.2. The van der Waals surface area contributed by atoms with Crippen LogP contribution in [0.1, 0.15) is 53.6 Å². The van der Waals surface area contributed by atoms with Crippen LogP contribution in [0.2, 0.25) is 0 Å². The van der Waals surface area contributed by atoms with E-state index in [1.165, 1.54) is 6.07 Å². The van der Waals surface area contributed by atoms with Gasteiger partial charge in [-0.25, -0.2) is 9.18 Å². The number of aromatic amines is 1. The first kappa shape index (κ1) is 28.0. The van der Waals surface area contributed by atoms with E-state index in [1.807, 2.05) is 60.5 Å². The summed E-state index contributed by atoms with van der Waals surface area (Å²) in [7, 11) is 1.91. The molecule has 1 aliphatic heterocycles. The molecule has 42 heavy (non-hydrogen) atoms. The van der Waals surface area contributed by atoms with Crippen LogP contribution in [0.25, 0.3) is 32.8 Å². The second-order valence-electron chi connectivity index (χ2n) is 10.8. The fraction of sp³-hybridized carbons (Fsp3) is 0.353. The number of hydrogen-bond acceptors (Lipinski definition) is 4. The Kier molecular flexibility index (Phi) is 7.98. The number of nitrogens with one attached hydrogen (secondary N) is 1. The Bertz CT molecular complexity index is 1770. The van der Waals surface area contributed by atoms with Crippen molar-refractivity contribution in [1.29, 1.82) is 0 Å². The Morgan fingerprint density at radius 3 is 2.76 bits per heavy atom. The van der Waals surface area contributed by atoms with Crippen molar-refractivity contribution in [3.8, 4) is 16.9 Å². The average molecular weight is 571 g/mol. The van der Waals surface area contributed by atoms with Gasteiger partial charge in [-0.3, -0.25) is 0 Å². The molecule has 8 heteroatoms. The third kappa shape index (κ3) is 5.04. The predicted molar refractivity (Wildman–Crippen MR) is 160 cm³/mol. The summed E-state index contributed by atoms with van der Waals surface area (Å²) in [6.07, 6.45) is 2.88. The second kappa shape index (κ2) is 12.0. The molecule has 1 N–H and O–H groups in total. The zero-order valence-corrected chi connectivity index (χ0v) is 24.5. The Labute approximate surface area is 244 Å². The molecule has 3 heterocycles. The molecule has 0 bridgehead atoms. The van der Waals surface area contributed by atoms with E-state index in [0.29, 0.717) is 50.5 Å². The van der Waals surface area contributed by atoms with Crippen LogP contribution in [0, 0.1) is 12.7 Å². The fourth-order valence-corrected chi connectivity index (χ4v) is 6.30. The van der Waals surface area contributed by atoms with Gasteiger partial charge in [0.05, 0.1) is 35.6 Å². The molecule has 0 spiro atoms. The lowest BCUT2D eigenvalue weighted by molar-refractivity contribution is -0.735. The first-order valence-electron chi connectivity index (χ1n) is 14.8. The highest BCUT2D eigenvalue weighted by molar-refractivity contribution is 6.05. The van der Waals surface area contributed by atoms with E-state index < -0.39 is 0 Å². The maximum absolute atomic E-state index is 15.9. The number of carbonyl (C=O) groups excluding carboxylic acids is 1. The van der Waals surface area contributed by atoms with Gasteiger partial charge in [-0.15, -0.1) is 4.68 Å². The van der Waals surface area contributed by atoms with Crippen molar-refractivity contribution in [2.24, 2.45) is 7.05 Å². The summed E-state index contributed by atoms with van der Waals surface area (Å²) in [6.45, 7) is 6.00. The van der Waals surface area contributed by atoms with Gasteiger partial charge in [-0.2, -0.15) is 5.10 Å². The van der Waals surface area contributed by atoms with Gasteiger partial charge in [0.1, 0.15) is 23.9 Å². The number of aromatic nitrogens is 3. The Hall–Kier alpha value is -4.17. The van der Waals surface area contributed by atoms with Crippen LogP contribution in [0.4, 0.5) is 4.39 Å². The van der Waals surface area contributed by atoms with Gasteiger partial charge >= 0.3 is 5.97 Å². The maximum Gasteiger partial charge on any atom is 0.355 e. The highest BCUT2D eigenvalue weighted by atomic mass is 19.1. The molecule has 5 aromatic rings. The number of benzene rings is 3. The Morgan fingerprint density at radius 2 is 1.90 bits per heavy atom. The molecule has 0 aliphatic carbocycles. The molecule has 0 radical (unpaired) electrons. The lowest BCUT2D eigenvalue weighted by atomic mass is 9.97. The summed E-state index contributed by atoms with van der Waals surface area (Å²) >= 11 is 0. The fourth-order valence-electron chi connectivity index (χ4n) is 6.30. The van der Waals surface area contributed by atoms with Crippen LogP contribution in [0.15, 0.2) is 54.6 Å². The summed E-state index contributed by atoms with van der Waals surface area (Å²) in [5.74, 6) is 0.129. The van der Waals surface area contributed by atoms with Gasteiger partial charge in [-0.1, -0.05) is 36.4 Å². The number of halogens is 1. The second-order valence-corrected chi connectivity index (χ2v) is 10.8. The van der Waals surface area contributed by atoms with Gasteiger partial charge in [0, 0.05) is 23.9 Å². The molecule has 0 saturated heterocycles. The van der Waals surface area contributed by atoms with Crippen LogP contribution in [-0.2, 0) is 36.1 Å². The molecule has 6 rings (SSSR count). The number of H-pyrrole nitrogens is 1. The van der Waals surface area contributed by atoms with Gasteiger partial charge in [0.25, 0.3) is 0 Å². The quantitative estimate of drug-likeness (QED) is 0.137. The van der Waals surface area contributed by atoms with Gasteiger partial charge in [0.15, 0.2) is 7.05 Å². The normalized spacial score (nSPS) is 13.6. The molecule has 7 nitrogen and oxygen atoms in total. The van der Waals surface area contributed by atoms with Crippen LogP contribution >= 0.6 is 0 Å². The van der Waals surface area contributed by atoms with Crippen LogP contribution in [-0.4, -0.2) is 35.5 Å². The SMILES string of the molecule is CCOC(=O)c1c(CCCOc2cccc3ccccc23)c2ccc(F)c3c2n1CCCCOCc1c-3c(C)[nH][n+]1C. The minimum Gasteiger partial charge on any atom is -0.493 e. The number of nitrogens with zero attached hydrogens (tertiary/aromatic N) is 2. The third-order valence-corrected chi connectivity index (χ3v) is 8.14. The Balaban J connectivity index is 1.45. The number of carbonyl (C=O) groups is 1. The summed E-state index contributed by atoms with van der Waals surface area (Å²) in [6, 6.07) is 17.5. The lowest BCUT2D eigenvalue weighted by Crippen LogP contribution is -2.35. The molecule has 0 fully saturated rings. The number of fused-ring (bicyclic) bond motifs is 3. The average Bonchev–Trinajstić information content (AvgIpc) is 3.43. The summed E-state index contributed by atoms with van der Waals surface area (Å²) in [5.41, 5.74) is 5.10. The summed E-state index contributed by atoms with van der Waals surface area (Å²) < 4.78 is 37.7. The van der Waals surface area contributed by atoms with E-state index in [-0.39, 0.29) is 18.4 Å². The van der Waals surface area contributed by atoms with Crippen molar-refractivity contribution >= 4 is 27.6 Å². The largest absolute Gasteiger partial charge is 0.493 e. The Morgan fingerprint density at radius 1 is 1.07 bits per heavy atom. The van der Waals surface area contributed by atoms with Crippen molar-refractivity contribution < 1.29 is 28.1 Å². The molecule has 1 aliphatic rings. The molecular formula is C34H37FN3O4+. The van der Waals surface area contributed by atoms with Gasteiger partial charge < -0.3 is 18.8 Å². The molecule has 0 saturated carbocycles. The van der Waals surface area contributed by atoms with Crippen LogP contribution in [0.5, 0.6) is 5.75 Å². The highest BCUT2D eigenvalue weighted by Gasteiger charge is 2.32. The molecular weight excluding hydrogens is 533 g/mol. The molecule has 0 amide bonds. The van der Waals surface area contributed by atoms with Crippen molar-refractivity contribution in [3.63, 3.8) is 0 Å². The minimum absolute atomic E-state index is 0.260. The van der Waals surface area contributed by atoms with E-state index in [0.717, 1.165) is 62.8 Å². The number of rotatable bonds is 7. The number of ether oxygens (including phenoxy) is 3. The smallest absolute Gasteiger partial charge is 0.355 e. The molecule has 3 aromatic carbocycles. The van der Waals surface area contributed by atoms with E-state index in [2.05, 4.69) is 23.3 Å². The molecule has 0 unspecified atom stereocenters. The van der Waals surface area contributed by atoms with Gasteiger partial charge in [0.2, 0.25) is 5.69 Å². The lowest BCUT2D eigenvalue weighted by Gasteiger charge is -2.13. The first-order chi connectivity index (χ1) is 20.5. The summed E-state index contributed by atoms with van der Waals surface area (Å²) in [5, 5.41) is 6.39. The number of esters is 1. The van der Waals surface area contributed by atoms with E-state index in [9.17, 15) is 4.79 Å². The van der Waals surface area contributed by atoms with E-state index >= 15 is 4.39 Å². The zero-order valence-electron chi connectivity index (χ0n) is 24.5. The molecule has 2 aromatic heterocycles. The van der Waals surface area contributed by atoms with Crippen molar-refractivity contribution in [3.05, 3.63) is 83.1 Å². The third-order valence-electron chi connectivity index (χ3n) is 8.14. The first-order valence-corrected chi connectivity index (χ1v) is 14.8. The topological polar surface area (TPSA) is 69.4 Å². The van der Waals surface area contributed by atoms with Crippen LogP contribution < -0.4 is 9.42 Å². The molecule has 218 valence electrons. The van der Waals surface area contributed by atoms with Crippen LogP contribution in [0.3, 0.4) is 0 Å². The van der Waals surface area contributed by atoms with Crippen molar-refractivity contribution in [2.75, 3.05) is 19.8 Å². The highest BCUT2D eigenvalue weighted by Crippen LogP contribution is 2.40. The number of hydrogen-bond donors (Lipinski definition) is 1. The summed E-state index contributed by atoms with van der Waals surface area (Å²) in [4.78, 5) is 13.6. The standard InChI is InChI=1S/C34H36FN3O4/c1-4-41-34(39)33-25(14-10-20-42-29-15-9-12-23-11-5-6-13-24(23)29)26-16-17-27(35)31-30-22(2)36-37(3)28(30)21-40-19-8-7-18-38(33)32(26)31/h5-6,9,11-13,15-17H,4,7-8,10,14,18-21H2,1-3H3/p+1. The van der Waals surface area contributed by atoms with Gasteiger partial charge in [-0.05, 0) is 68.7 Å². The van der Waals surface area contributed by atoms with Crippen molar-refractivity contribution in [1.82, 2.24) is 9.67 Å². The van der Waals surface area contributed by atoms with Crippen molar-refractivity contribution in [2.45, 2.75) is 52.7 Å². The monoisotopic (exact) mass is 570 g/mol. The van der Waals surface area contributed by atoms with E-state index in [4.69, 9.17) is 14.2 Å².